The van der Waals surface area contributed by atoms with E-state index in [-0.39, 0.29) is 74.4 Å². The number of hydrogen-bond donors (Lipinski definition) is 3. The van der Waals surface area contributed by atoms with Crippen molar-refractivity contribution in [2.45, 2.75) is 100 Å². The van der Waals surface area contributed by atoms with E-state index < -0.39 is 47.6 Å². The number of nitrogens with zero attached hydrogens (tertiary/aromatic N) is 4. The maximum Gasteiger partial charge on any atom is 0.409 e. The van der Waals surface area contributed by atoms with Crippen molar-refractivity contribution >= 4 is 90.0 Å². The maximum absolute atomic E-state index is 14.3. The topological polar surface area (TPSA) is 227 Å². The molecule has 1 saturated carbocycles. The van der Waals surface area contributed by atoms with Crippen LogP contribution in [0.3, 0.4) is 0 Å². The number of esters is 1. The third-order valence-corrected chi connectivity index (χ3v) is 15.2. The standard InChI is InChI=1S/C52H67Br2ClN6O13/c1-31-9-8-10-43(69-7)52(67)28-36(73-50(66)59-52)25-35-27-51(35,3)44(26-46(63)61(5)41-22-33(21-31)23-42(68-6)47(41)55)74-49(65)32(2)60(4)45(62)13-15-70-17-19-72-20-18-71-16-14-56-48(64)34-11-12-37-38(24-34)58-40(30-54)39(29-53)57-37/h8-12,22-24,32,35-36,43-44,67H,13-21,25-30H2,1-7H3,(H,56,64)(H,59,66)/b10-8+,31-9+/t32-,35?,36-,43-,44+,51-,52+/m1/s1. The summed E-state index contributed by atoms with van der Waals surface area (Å²) >= 11 is 13.7. The minimum absolute atomic E-state index is 0.0101. The van der Waals surface area contributed by atoms with E-state index >= 15 is 0 Å². The summed E-state index contributed by atoms with van der Waals surface area (Å²) in [4.78, 5) is 79.1. The number of alkyl carbamates (subject to hydrolysis) is 1. The number of benzene rings is 2. The van der Waals surface area contributed by atoms with E-state index in [9.17, 15) is 29.1 Å². The summed E-state index contributed by atoms with van der Waals surface area (Å²) in [5, 5.41) is 18.5. The number of likely N-dealkylation sites (N-methyl/N-ethyl adjacent to an activating group) is 1. The average molecular weight is 1180 g/mol. The molecule has 6 rings (SSSR count). The molecular weight excluding hydrogens is 1110 g/mol. The molecule has 3 aliphatic rings. The molecule has 2 aromatic carbocycles. The van der Waals surface area contributed by atoms with Gasteiger partial charge in [-0.2, -0.15) is 0 Å². The molecule has 3 heterocycles. The summed E-state index contributed by atoms with van der Waals surface area (Å²) < 4.78 is 40.0. The molecule has 1 saturated heterocycles. The van der Waals surface area contributed by atoms with Crippen LogP contribution in [0.2, 0.25) is 5.02 Å². The highest BCUT2D eigenvalue weighted by Gasteiger charge is 2.59. The Morgan fingerprint density at radius 1 is 1.00 bits per heavy atom. The molecule has 7 atom stereocenters. The van der Waals surface area contributed by atoms with Gasteiger partial charge in [0.25, 0.3) is 5.91 Å². The molecule has 74 heavy (non-hydrogen) atoms. The van der Waals surface area contributed by atoms with E-state index in [2.05, 4.69) is 52.5 Å². The molecule has 22 heteroatoms. The highest BCUT2D eigenvalue weighted by molar-refractivity contribution is 9.09. The predicted octanol–water partition coefficient (Wildman–Crippen LogP) is 6.74. The van der Waals surface area contributed by atoms with E-state index in [0.717, 1.165) is 22.5 Å². The molecule has 1 unspecified atom stereocenters. The smallest absolute Gasteiger partial charge is 0.409 e. The molecule has 19 nitrogen and oxygen atoms in total. The van der Waals surface area contributed by atoms with E-state index in [4.69, 9.17) is 44.8 Å². The number of anilines is 1. The number of nitrogens with one attached hydrogen (secondary N) is 2. The van der Waals surface area contributed by atoms with E-state index in [1.165, 1.54) is 31.1 Å². The Kier molecular flexibility index (Phi) is 21.2. The molecule has 4 amide bonds. The van der Waals surface area contributed by atoms with E-state index in [0.29, 0.717) is 77.7 Å². The Morgan fingerprint density at radius 3 is 2.35 bits per heavy atom. The van der Waals surface area contributed by atoms with Crippen LogP contribution in [-0.4, -0.2) is 154 Å². The van der Waals surface area contributed by atoms with Gasteiger partial charge in [0.15, 0.2) is 5.72 Å². The van der Waals surface area contributed by atoms with Crippen molar-refractivity contribution in [2.24, 2.45) is 11.3 Å². The van der Waals surface area contributed by atoms with Crippen LogP contribution in [-0.2, 0) is 59.9 Å². The Hall–Kier alpha value is -4.74. The lowest BCUT2D eigenvalue weighted by Gasteiger charge is -2.40. The highest BCUT2D eigenvalue weighted by atomic mass is 79.9. The summed E-state index contributed by atoms with van der Waals surface area (Å²) in [7, 11) is 6.04. The number of hydrogen-bond acceptors (Lipinski definition) is 15. The van der Waals surface area contributed by atoms with Crippen LogP contribution >= 0.6 is 43.5 Å². The van der Waals surface area contributed by atoms with Gasteiger partial charge in [-0.3, -0.25) is 19.7 Å². The number of rotatable bonds is 20. The second-order valence-corrected chi connectivity index (χ2v) is 20.5. The van der Waals surface area contributed by atoms with Crippen LogP contribution in [0.4, 0.5) is 10.5 Å². The zero-order chi connectivity index (χ0) is 53.7. The number of halogens is 3. The molecule has 1 aromatic heterocycles. The van der Waals surface area contributed by atoms with Gasteiger partial charge in [-0.15, -0.1) is 0 Å². The van der Waals surface area contributed by atoms with Crippen LogP contribution < -0.4 is 20.3 Å². The number of ether oxygens (including phenoxy) is 7. The number of fused-ring (bicyclic) bond motifs is 6. The Labute approximate surface area is 453 Å². The Balaban J connectivity index is 0.978. The second kappa shape index (κ2) is 26.8. The van der Waals surface area contributed by atoms with Crippen LogP contribution in [0.25, 0.3) is 11.0 Å². The molecule has 0 spiro atoms. The van der Waals surface area contributed by atoms with Gasteiger partial charge in [0.05, 0.1) is 87.7 Å². The Morgan fingerprint density at radius 2 is 1.68 bits per heavy atom. The normalized spacial score (nSPS) is 24.6. The van der Waals surface area contributed by atoms with Crippen LogP contribution in [0.15, 0.2) is 54.1 Å². The van der Waals surface area contributed by atoms with Crippen molar-refractivity contribution in [3.63, 3.8) is 0 Å². The third-order valence-electron chi connectivity index (χ3n) is 13.8. The van der Waals surface area contributed by atoms with Gasteiger partial charge in [-0.1, -0.05) is 74.2 Å². The summed E-state index contributed by atoms with van der Waals surface area (Å²) in [5.74, 6) is -1.51. The molecule has 3 aromatic rings. The second-order valence-electron chi connectivity index (χ2n) is 19.0. The fourth-order valence-corrected chi connectivity index (χ4v) is 10.3. The number of methoxy groups -OCH3 is 2. The first-order chi connectivity index (χ1) is 35.3. The van der Waals surface area contributed by atoms with Crippen LogP contribution in [0.5, 0.6) is 5.75 Å². The zero-order valence-corrected chi connectivity index (χ0v) is 46.8. The summed E-state index contributed by atoms with van der Waals surface area (Å²) in [5.41, 5.74) is 3.07. The fourth-order valence-electron chi connectivity index (χ4n) is 9.07. The monoisotopic (exact) mass is 1180 g/mol. The highest BCUT2D eigenvalue weighted by Crippen LogP contribution is 2.59. The largest absolute Gasteiger partial charge is 0.495 e. The fraction of sp³-hybridized carbons (Fsp3) is 0.558. The van der Waals surface area contributed by atoms with E-state index in [1.807, 2.05) is 26.0 Å². The van der Waals surface area contributed by atoms with Crippen molar-refractivity contribution in [1.29, 1.82) is 0 Å². The quantitative estimate of drug-likeness (QED) is 0.0605. The lowest BCUT2D eigenvalue weighted by Crippen LogP contribution is -2.62. The van der Waals surface area contributed by atoms with Crippen molar-refractivity contribution in [3.8, 4) is 5.75 Å². The van der Waals surface area contributed by atoms with Gasteiger partial charge < -0.3 is 53.4 Å². The van der Waals surface area contributed by atoms with Gasteiger partial charge in [0.2, 0.25) is 11.8 Å². The average Bonchev–Trinajstić information content (AvgIpc) is 4.04. The molecule has 404 valence electrons. The lowest BCUT2D eigenvalue weighted by atomic mass is 9.89. The number of alkyl halides is 2. The first-order valence-electron chi connectivity index (χ1n) is 24.4. The number of amides is 4. The summed E-state index contributed by atoms with van der Waals surface area (Å²) in [6.07, 6.45) is 2.93. The first-order valence-corrected chi connectivity index (χ1v) is 27.1. The SMILES string of the molecule is COc1cc2cc(c1Cl)N(C)C(=O)C[C@H](OC(=O)[C@@H](C)N(C)C(=O)CCOCCOCCOCCNC(=O)c1ccc3nc(CBr)c(CBr)nc3c1)[C@]1(C)CC1C[C@@H]1C[C@@](O)(NC(=O)O1)[C@H](OC)/C=C/C=C(\C)C2. The number of allylic oxidation sites excluding steroid dienone is 3. The number of carbonyl (C=O) groups excluding carboxylic acids is 5. The molecule has 0 radical (unpaired) electrons. The van der Waals surface area contributed by atoms with Gasteiger partial charge in [-0.25, -0.2) is 19.6 Å². The van der Waals surface area contributed by atoms with Crippen molar-refractivity contribution in [2.75, 3.05) is 79.4 Å². The number of aliphatic hydroxyl groups is 1. The molecule has 4 bridgehead atoms. The van der Waals surface area contributed by atoms with Gasteiger partial charge >= 0.3 is 12.1 Å². The van der Waals surface area contributed by atoms with Gasteiger partial charge in [0.1, 0.15) is 35.1 Å². The maximum atomic E-state index is 14.3. The lowest BCUT2D eigenvalue weighted by molar-refractivity contribution is -0.162. The summed E-state index contributed by atoms with van der Waals surface area (Å²) in [6, 6.07) is 7.79. The van der Waals surface area contributed by atoms with Crippen molar-refractivity contribution < 1.29 is 62.2 Å². The molecule has 2 fully saturated rings. The minimum atomic E-state index is -1.79. The van der Waals surface area contributed by atoms with Crippen LogP contribution in [0.1, 0.15) is 80.2 Å². The summed E-state index contributed by atoms with van der Waals surface area (Å²) in [6.45, 7) is 7.14. The van der Waals surface area contributed by atoms with Gasteiger partial charge in [0, 0.05) is 55.8 Å². The zero-order valence-electron chi connectivity index (χ0n) is 42.9. The van der Waals surface area contributed by atoms with Gasteiger partial charge in [-0.05, 0) is 74.9 Å². The van der Waals surface area contributed by atoms with Crippen molar-refractivity contribution in [1.82, 2.24) is 25.5 Å². The van der Waals surface area contributed by atoms with Crippen LogP contribution in [0, 0.1) is 11.3 Å². The molecule has 3 N–H and O–H groups in total. The predicted molar refractivity (Wildman–Crippen MR) is 284 cm³/mol. The first kappa shape index (κ1) is 58.5. The number of carbonyl (C=O) groups is 5. The minimum Gasteiger partial charge on any atom is -0.495 e. The number of aromatic nitrogens is 2. The molecular formula is C52H67Br2ClN6O13. The Bertz CT molecular complexity index is 2570. The molecule has 1 aliphatic carbocycles. The van der Waals surface area contributed by atoms with E-state index in [1.54, 1.807) is 50.4 Å². The van der Waals surface area contributed by atoms with Crippen molar-refractivity contribution in [3.05, 3.63) is 81.7 Å². The third kappa shape index (κ3) is 15.0. The molecule has 2 aliphatic heterocycles.